The van der Waals surface area contributed by atoms with Crippen LogP contribution in [0.4, 0.5) is 5.69 Å². The number of fused-ring (bicyclic) bond motifs is 1. The van der Waals surface area contributed by atoms with Crippen molar-refractivity contribution >= 4 is 21.6 Å². The molecular formula is C27H29N3O4S. The molecule has 0 saturated carbocycles. The molecule has 2 aliphatic rings. The van der Waals surface area contributed by atoms with E-state index in [1.165, 1.54) is 22.7 Å². The number of sulfonamides is 1. The predicted molar refractivity (Wildman–Crippen MR) is 135 cm³/mol. The van der Waals surface area contributed by atoms with E-state index < -0.39 is 16.1 Å². The van der Waals surface area contributed by atoms with Gasteiger partial charge in [0.1, 0.15) is 5.75 Å². The molecule has 1 unspecified atom stereocenters. The highest BCUT2D eigenvalue weighted by molar-refractivity contribution is 7.92. The fourth-order valence-corrected chi connectivity index (χ4v) is 6.05. The first-order chi connectivity index (χ1) is 17.0. The van der Waals surface area contributed by atoms with Crippen molar-refractivity contribution in [3.05, 3.63) is 90.0 Å². The van der Waals surface area contributed by atoms with Gasteiger partial charge in [-0.3, -0.25) is 14.0 Å². The Labute approximate surface area is 206 Å². The van der Waals surface area contributed by atoms with Crippen molar-refractivity contribution in [2.45, 2.75) is 36.9 Å². The van der Waals surface area contributed by atoms with Crippen LogP contribution < -0.4 is 14.4 Å². The van der Waals surface area contributed by atoms with Crippen molar-refractivity contribution in [2.75, 3.05) is 23.9 Å². The normalized spacial score (nSPS) is 18.1. The van der Waals surface area contributed by atoms with E-state index in [4.69, 9.17) is 4.74 Å². The third-order valence-corrected chi connectivity index (χ3v) is 8.25. The average molecular weight is 492 g/mol. The zero-order valence-electron chi connectivity index (χ0n) is 19.5. The summed E-state index contributed by atoms with van der Waals surface area (Å²) in [6, 6.07) is 23.4. The van der Waals surface area contributed by atoms with E-state index in [9.17, 15) is 13.2 Å². The van der Waals surface area contributed by atoms with Crippen molar-refractivity contribution in [3.8, 4) is 5.75 Å². The predicted octanol–water partition coefficient (Wildman–Crippen LogP) is 3.56. The van der Waals surface area contributed by atoms with Gasteiger partial charge in [-0.25, -0.2) is 8.42 Å². The van der Waals surface area contributed by atoms with Crippen molar-refractivity contribution < 1.29 is 17.9 Å². The number of para-hydroxylation sites is 2. The zero-order valence-corrected chi connectivity index (χ0v) is 20.3. The third kappa shape index (κ3) is 5.18. The van der Waals surface area contributed by atoms with Crippen LogP contribution in [-0.2, 0) is 27.9 Å². The van der Waals surface area contributed by atoms with E-state index in [-0.39, 0.29) is 17.3 Å². The first-order valence-electron chi connectivity index (χ1n) is 11.9. The lowest BCUT2D eigenvalue weighted by molar-refractivity contribution is -0.127. The molecule has 0 aliphatic carbocycles. The van der Waals surface area contributed by atoms with Gasteiger partial charge in [0.25, 0.3) is 15.9 Å². The van der Waals surface area contributed by atoms with Crippen LogP contribution in [-0.4, -0.2) is 45.0 Å². The maximum absolute atomic E-state index is 13.4. The zero-order chi connectivity index (χ0) is 24.3. The van der Waals surface area contributed by atoms with Crippen LogP contribution >= 0.6 is 0 Å². The van der Waals surface area contributed by atoms with Crippen molar-refractivity contribution in [3.63, 3.8) is 0 Å². The lowest BCUT2D eigenvalue weighted by Crippen LogP contribution is -2.50. The summed E-state index contributed by atoms with van der Waals surface area (Å²) in [4.78, 5) is 15.6. The fourth-order valence-electron chi connectivity index (χ4n) is 4.55. The molecule has 8 heteroatoms. The number of carbonyl (C=O) groups excluding carboxylic acids is 1. The summed E-state index contributed by atoms with van der Waals surface area (Å²) in [5, 5.41) is 2.91. The van der Waals surface area contributed by atoms with Gasteiger partial charge in [0.2, 0.25) is 0 Å². The molecule has 5 rings (SSSR count). The lowest BCUT2D eigenvalue weighted by atomic mass is 10.1. The summed E-state index contributed by atoms with van der Waals surface area (Å²) in [5.41, 5.74) is 2.67. The molecule has 3 aromatic rings. The van der Waals surface area contributed by atoms with E-state index in [0.717, 1.165) is 25.2 Å². The van der Waals surface area contributed by atoms with Crippen LogP contribution in [0.25, 0.3) is 0 Å². The first kappa shape index (κ1) is 23.4. The second kappa shape index (κ2) is 10.1. The number of hydrogen-bond acceptors (Lipinski definition) is 5. The molecule has 2 heterocycles. The summed E-state index contributed by atoms with van der Waals surface area (Å²) < 4.78 is 34.0. The number of hydrogen-bond donors (Lipinski definition) is 1. The number of amides is 1. The van der Waals surface area contributed by atoms with Gasteiger partial charge < -0.3 is 10.1 Å². The number of carbonyl (C=O) groups is 1. The van der Waals surface area contributed by atoms with Gasteiger partial charge in [-0.15, -0.1) is 0 Å². The Morgan fingerprint density at radius 3 is 2.29 bits per heavy atom. The lowest BCUT2D eigenvalue weighted by Gasteiger charge is -2.34. The molecule has 1 atom stereocenters. The topological polar surface area (TPSA) is 79.0 Å². The molecule has 1 N–H and O–H groups in total. The van der Waals surface area contributed by atoms with E-state index in [1.54, 1.807) is 54.6 Å². The molecule has 2 aliphatic heterocycles. The summed E-state index contributed by atoms with van der Waals surface area (Å²) >= 11 is 0. The van der Waals surface area contributed by atoms with Crippen LogP contribution in [0.3, 0.4) is 0 Å². The molecule has 182 valence electrons. The monoisotopic (exact) mass is 491 g/mol. The van der Waals surface area contributed by atoms with Crippen LogP contribution in [0, 0.1) is 0 Å². The minimum atomic E-state index is -3.85. The Morgan fingerprint density at radius 1 is 0.886 bits per heavy atom. The minimum Gasteiger partial charge on any atom is -0.476 e. The van der Waals surface area contributed by atoms with E-state index in [0.29, 0.717) is 18.0 Å². The van der Waals surface area contributed by atoms with Gasteiger partial charge in [0, 0.05) is 13.1 Å². The smallest absolute Gasteiger partial charge is 0.264 e. The highest BCUT2D eigenvalue weighted by Crippen LogP contribution is 2.36. The number of likely N-dealkylation sites (tertiary alicyclic amines) is 1. The number of anilines is 1. The van der Waals surface area contributed by atoms with Gasteiger partial charge in [-0.05, 0) is 61.3 Å². The Morgan fingerprint density at radius 2 is 1.54 bits per heavy atom. The summed E-state index contributed by atoms with van der Waals surface area (Å²) in [7, 11) is -3.85. The largest absolute Gasteiger partial charge is 0.476 e. The number of ether oxygens (including phenoxy) is 1. The van der Waals surface area contributed by atoms with E-state index in [2.05, 4.69) is 22.3 Å². The quantitative estimate of drug-likeness (QED) is 0.547. The molecule has 0 spiro atoms. The second-order valence-corrected chi connectivity index (χ2v) is 10.8. The molecule has 7 nitrogen and oxygen atoms in total. The van der Waals surface area contributed by atoms with Crippen molar-refractivity contribution in [1.82, 2.24) is 10.2 Å². The molecule has 1 fully saturated rings. The number of rotatable bonds is 7. The molecule has 1 amide bonds. The van der Waals surface area contributed by atoms with Crippen molar-refractivity contribution in [1.29, 1.82) is 0 Å². The fraction of sp³-hybridized carbons (Fsp3) is 0.296. The SMILES string of the molecule is O=C(NCc1ccc(CN2CCCC2)cc1)C1CN(S(=O)(=O)c2ccccc2)c2ccccc2O1. The molecule has 3 aromatic carbocycles. The van der Waals surface area contributed by atoms with Gasteiger partial charge in [-0.2, -0.15) is 0 Å². The highest BCUT2D eigenvalue weighted by Gasteiger charge is 2.37. The summed E-state index contributed by atoms with van der Waals surface area (Å²) in [6.07, 6.45) is 1.57. The van der Waals surface area contributed by atoms with Crippen LogP contribution in [0.5, 0.6) is 5.75 Å². The molecule has 0 aromatic heterocycles. The van der Waals surface area contributed by atoms with Gasteiger partial charge >= 0.3 is 0 Å². The highest BCUT2D eigenvalue weighted by atomic mass is 32.2. The van der Waals surface area contributed by atoms with Gasteiger partial charge in [0.15, 0.2) is 6.10 Å². The number of benzene rings is 3. The molecule has 1 saturated heterocycles. The van der Waals surface area contributed by atoms with Crippen LogP contribution in [0.2, 0.25) is 0 Å². The summed E-state index contributed by atoms with van der Waals surface area (Å²) in [6.45, 7) is 3.50. The minimum absolute atomic E-state index is 0.102. The molecule has 0 radical (unpaired) electrons. The Balaban J connectivity index is 1.27. The Bertz CT molecular complexity index is 1270. The molecule has 35 heavy (non-hydrogen) atoms. The molecular weight excluding hydrogens is 462 g/mol. The van der Waals surface area contributed by atoms with Crippen LogP contribution in [0.1, 0.15) is 24.0 Å². The Hall–Kier alpha value is -3.36. The van der Waals surface area contributed by atoms with Gasteiger partial charge in [-0.1, -0.05) is 54.6 Å². The average Bonchev–Trinajstić information content (AvgIpc) is 3.41. The standard InChI is InChI=1S/C27H29N3O4S/c31-27(28-18-21-12-14-22(15-13-21)19-29-16-6-7-17-29)26-20-30(24-10-4-5-11-25(24)34-26)35(32,33)23-8-2-1-3-9-23/h1-5,8-15,26H,6-7,16-20H2,(H,28,31). The third-order valence-electron chi connectivity index (χ3n) is 6.45. The van der Waals surface area contributed by atoms with E-state index >= 15 is 0 Å². The number of nitrogens with zero attached hydrogens (tertiary/aromatic N) is 2. The number of nitrogens with one attached hydrogen (secondary N) is 1. The maximum Gasteiger partial charge on any atom is 0.264 e. The Kier molecular flexibility index (Phi) is 6.74. The second-order valence-electron chi connectivity index (χ2n) is 8.94. The van der Waals surface area contributed by atoms with Crippen molar-refractivity contribution in [2.24, 2.45) is 0 Å². The maximum atomic E-state index is 13.4. The summed E-state index contributed by atoms with van der Waals surface area (Å²) in [5.74, 6) is 0.0126. The first-order valence-corrected chi connectivity index (χ1v) is 13.4. The van der Waals surface area contributed by atoms with Gasteiger partial charge in [0.05, 0.1) is 17.1 Å². The van der Waals surface area contributed by atoms with E-state index in [1.807, 2.05) is 12.1 Å². The molecule has 0 bridgehead atoms. The van der Waals surface area contributed by atoms with Crippen LogP contribution in [0.15, 0.2) is 83.8 Å².